The van der Waals surface area contributed by atoms with Gasteiger partial charge in [0.1, 0.15) is 5.54 Å². The predicted octanol–water partition coefficient (Wildman–Crippen LogP) is 2.25. The standard InChI is InChI=1S/C14H21N3O2S/c1-3-7-16-14(12(18)19)6-4-11(9-14)20-13-15-8-5-10(2)17-13/h5,8,11,16H,3-4,6-7,9H2,1-2H3,(H,18,19). The fourth-order valence-corrected chi connectivity index (χ4v) is 3.75. The van der Waals surface area contributed by atoms with Crippen LogP contribution >= 0.6 is 11.8 Å². The van der Waals surface area contributed by atoms with Crippen molar-refractivity contribution < 1.29 is 9.90 Å². The maximum absolute atomic E-state index is 11.6. The fourth-order valence-electron chi connectivity index (χ4n) is 2.53. The maximum atomic E-state index is 11.6. The van der Waals surface area contributed by atoms with E-state index in [-0.39, 0.29) is 5.25 Å². The lowest BCUT2D eigenvalue weighted by molar-refractivity contribution is -0.144. The van der Waals surface area contributed by atoms with E-state index < -0.39 is 11.5 Å². The molecular weight excluding hydrogens is 274 g/mol. The number of carbonyl (C=O) groups is 1. The Bertz CT molecular complexity index is 483. The van der Waals surface area contributed by atoms with Crippen LogP contribution in [0.1, 0.15) is 38.3 Å². The zero-order valence-corrected chi connectivity index (χ0v) is 12.7. The number of aliphatic carboxylic acids is 1. The summed E-state index contributed by atoms with van der Waals surface area (Å²) in [7, 11) is 0. The molecule has 2 unspecified atom stereocenters. The van der Waals surface area contributed by atoms with E-state index in [1.54, 1.807) is 18.0 Å². The molecule has 0 radical (unpaired) electrons. The van der Waals surface area contributed by atoms with Crippen molar-refractivity contribution >= 4 is 17.7 Å². The second-order valence-corrected chi connectivity index (χ2v) is 6.54. The summed E-state index contributed by atoms with van der Waals surface area (Å²) in [6, 6.07) is 1.86. The van der Waals surface area contributed by atoms with E-state index in [9.17, 15) is 9.90 Å². The number of hydrogen-bond acceptors (Lipinski definition) is 5. The van der Waals surface area contributed by atoms with Crippen LogP contribution in [0.4, 0.5) is 0 Å². The quantitative estimate of drug-likeness (QED) is 0.784. The fraction of sp³-hybridized carbons (Fsp3) is 0.643. The highest BCUT2D eigenvalue weighted by Gasteiger charge is 2.45. The summed E-state index contributed by atoms with van der Waals surface area (Å²) in [5.74, 6) is -0.737. The first-order chi connectivity index (χ1) is 9.55. The van der Waals surface area contributed by atoms with Crippen LogP contribution in [0.5, 0.6) is 0 Å². The Balaban J connectivity index is 2.01. The zero-order valence-electron chi connectivity index (χ0n) is 11.9. The average molecular weight is 295 g/mol. The first-order valence-corrected chi connectivity index (χ1v) is 7.88. The summed E-state index contributed by atoms with van der Waals surface area (Å²) >= 11 is 1.59. The molecule has 0 spiro atoms. The first-order valence-electron chi connectivity index (χ1n) is 7.00. The molecular formula is C14H21N3O2S. The SMILES string of the molecule is CCCNC1(C(=O)O)CCC(Sc2nccc(C)n2)C1. The van der Waals surface area contributed by atoms with Gasteiger partial charge in [-0.25, -0.2) is 9.97 Å². The van der Waals surface area contributed by atoms with E-state index in [1.807, 2.05) is 19.9 Å². The maximum Gasteiger partial charge on any atom is 0.323 e. The van der Waals surface area contributed by atoms with Crippen LogP contribution < -0.4 is 5.32 Å². The zero-order chi connectivity index (χ0) is 14.6. The summed E-state index contributed by atoms with van der Waals surface area (Å²) in [6.45, 7) is 4.72. The minimum Gasteiger partial charge on any atom is -0.480 e. The molecule has 1 aliphatic carbocycles. The van der Waals surface area contributed by atoms with Crippen molar-refractivity contribution in [2.45, 2.75) is 55.5 Å². The van der Waals surface area contributed by atoms with E-state index >= 15 is 0 Å². The average Bonchev–Trinajstić information content (AvgIpc) is 2.81. The lowest BCUT2D eigenvalue weighted by atomic mass is 9.98. The minimum atomic E-state index is -0.766. The molecule has 5 nitrogen and oxygen atoms in total. The third kappa shape index (κ3) is 3.49. The molecule has 1 aliphatic rings. The number of hydrogen-bond donors (Lipinski definition) is 2. The van der Waals surface area contributed by atoms with Crippen molar-refractivity contribution in [1.29, 1.82) is 0 Å². The third-order valence-corrected chi connectivity index (χ3v) is 4.78. The van der Waals surface area contributed by atoms with E-state index in [0.29, 0.717) is 12.8 Å². The number of nitrogens with one attached hydrogen (secondary N) is 1. The number of aryl methyl sites for hydroxylation is 1. The Morgan fingerprint density at radius 3 is 3.10 bits per heavy atom. The van der Waals surface area contributed by atoms with Crippen LogP contribution in [-0.2, 0) is 4.79 Å². The van der Waals surface area contributed by atoms with Gasteiger partial charge in [0.15, 0.2) is 5.16 Å². The summed E-state index contributed by atoms with van der Waals surface area (Å²) < 4.78 is 0. The molecule has 110 valence electrons. The first kappa shape index (κ1) is 15.3. The summed E-state index contributed by atoms with van der Waals surface area (Å²) in [6.07, 6.45) is 4.87. The molecule has 1 aromatic heterocycles. The number of carboxylic acid groups (broad SMARTS) is 1. The van der Waals surface area contributed by atoms with Gasteiger partial charge in [-0.2, -0.15) is 0 Å². The molecule has 0 bridgehead atoms. The molecule has 20 heavy (non-hydrogen) atoms. The van der Waals surface area contributed by atoms with Gasteiger partial charge < -0.3 is 10.4 Å². The topological polar surface area (TPSA) is 75.1 Å². The van der Waals surface area contributed by atoms with Gasteiger partial charge in [0, 0.05) is 17.1 Å². The van der Waals surface area contributed by atoms with Gasteiger partial charge in [0.05, 0.1) is 0 Å². The highest BCUT2D eigenvalue weighted by molar-refractivity contribution is 7.99. The Morgan fingerprint density at radius 2 is 2.45 bits per heavy atom. The summed E-state index contributed by atoms with van der Waals surface area (Å²) in [5, 5.41) is 13.7. The molecule has 2 N–H and O–H groups in total. The Labute approximate surface area is 123 Å². The largest absolute Gasteiger partial charge is 0.480 e. The van der Waals surface area contributed by atoms with Crippen molar-refractivity contribution in [2.24, 2.45) is 0 Å². The Morgan fingerprint density at radius 1 is 1.65 bits per heavy atom. The van der Waals surface area contributed by atoms with Crippen LogP contribution in [0.25, 0.3) is 0 Å². The van der Waals surface area contributed by atoms with Gasteiger partial charge >= 0.3 is 5.97 Å². The molecule has 0 aromatic carbocycles. The minimum absolute atomic E-state index is 0.261. The normalized spacial score (nSPS) is 25.8. The van der Waals surface area contributed by atoms with Crippen molar-refractivity contribution in [3.05, 3.63) is 18.0 Å². The van der Waals surface area contributed by atoms with Crippen LogP contribution in [0.2, 0.25) is 0 Å². The van der Waals surface area contributed by atoms with Gasteiger partial charge in [-0.05, 0) is 45.2 Å². The predicted molar refractivity (Wildman–Crippen MR) is 78.9 cm³/mol. The number of nitrogens with zero attached hydrogens (tertiary/aromatic N) is 2. The Kier molecular flexibility index (Phi) is 4.99. The molecule has 1 heterocycles. The molecule has 1 aromatic rings. The van der Waals surface area contributed by atoms with Gasteiger partial charge in [0.25, 0.3) is 0 Å². The lowest BCUT2D eigenvalue weighted by Gasteiger charge is -2.25. The number of rotatable bonds is 6. The van der Waals surface area contributed by atoms with Crippen molar-refractivity contribution in [3.63, 3.8) is 0 Å². The van der Waals surface area contributed by atoms with Crippen LogP contribution in [-0.4, -0.2) is 38.4 Å². The highest BCUT2D eigenvalue weighted by atomic mass is 32.2. The number of carboxylic acids is 1. The summed E-state index contributed by atoms with van der Waals surface area (Å²) in [4.78, 5) is 20.2. The van der Waals surface area contributed by atoms with E-state index in [1.165, 1.54) is 0 Å². The van der Waals surface area contributed by atoms with E-state index in [2.05, 4.69) is 15.3 Å². The molecule has 2 rings (SSSR count). The van der Waals surface area contributed by atoms with Crippen molar-refractivity contribution in [3.8, 4) is 0 Å². The monoisotopic (exact) mass is 295 g/mol. The van der Waals surface area contributed by atoms with Gasteiger partial charge in [-0.3, -0.25) is 4.79 Å². The van der Waals surface area contributed by atoms with Crippen LogP contribution in [0.3, 0.4) is 0 Å². The van der Waals surface area contributed by atoms with Crippen molar-refractivity contribution in [2.75, 3.05) is 6.54 Å². The molecule has 0 saturated heterocycles. The smallest absolute Gasteiger partial charge is 0.323 e. The highest BCUT2D eigenvalue weighted by Crippen LogP contribution is 2.39. The van der Waals surface area contributed by atoms with Gasteiger partial charge in [-0.15, -0.1) is 0 Å². The van der Waals surface area contributed by atoms with Crippen molar-refractivity contribution in [1.82, 2.24) is 15.3 Å². The summed E-state index contributed by atoms with van der Waals surface area (Å²) in [5.41, 5.74) is 0.173. The molecule has 6 heteroatoms. The lowest BCUT2D eigenvalue weighted by Crippen LogP contribution is -2.50. The molecule has 2 atom stereocenters. The van der Waals surface area contributed by atoms with E-state index in [4.69, 9.17) is 0 Å². The second-order valence-electron chi connectivity index (χ2n) is 5.28. The molecule has 0 aliphatic heterocycles. The third-order valence-electron chi connectivity index (χ3n) is 3.64. The van der Waals surface area contributed by atoms with Gasteiger partial charge in [-0.1, -0.05) is 18.7 Å². The van der Waals surface area contributed by atoms with E-state index in [0.717, 1.165) is 30.2 Å². The van der Waals surface area contributed by atoms with Crippen LogP contribution in [0.15, 0.2) is 17.4 Å². The van der Waals surface area contributed by atoms with Crippen LogP contribution in [0, 0.1) is 6.92 Å². The Hall–Kier alpha value is -1.14. The number of thioether (sulfide) groups is 1. The molecule has 1 saturated carbocycles. The number of aromatic nitrogens is 2. The second kappa shape index (κ2) is 6.54. The van der Waals surface area contributed by atoms with Gasteiger partial charge in [0.2, 0.25) is 0 Å². The molecule has 0 amide bonds. The molecule has 1 fully saturated rings.